The molecule has 0 radical (unpaired) electrons. The maximum absolute atomic E-state index is 13.5. The summed E-state index contributed by atoms with van der Waals surface area (Å²) < 4.78 is 13.5. The molecule has 2 nitrogen and oxygen atoms in total. The lowest BCUT2D eigenvalue weighted by molar-refractivity contribution is 0.244. The van der Waals surface area contributed by atoms with Crippen LogP contribution in [-0.4, -0.2) is 37.6 Å². The van der Waals surface area contributed by atoms with E-state index in [1.807, 2.05) is 6.07 Å². The molecule has 0 atom stereocenters. The first kappa shape index (κ1) is 12.8. The molecule has 0 spiro atoms. The number of hydrogen-bond acceptors (Lipinski definition) is 2. The van der Waals surface area contributed by atoms with Crippen molar-refractivity contribution < 1.29 is 4.39 Å². The minimum atomic E-state index is -0.201. The van der Waals surface area contributed by atoms with E-state index in [1.165, 1.54) is 0 Å². The fourth-order valence-corrected chi connectivity index (χ4v) is 2.29. The molecule has 1 N–H and O–H groups in total. The van der Waals surface area contributed by atoms with E-state index in [1.54, 1.807) is 13.0 Å². The predicted octanol–water partition coefficient (Wildman–Crippen LogP) is 2.24. The molecule has 0 aliphatic carbocycles. The molecule has 0 saturated carbocycles. The smallest absolute Gasteiger partial charge is 0.127 e. The zero-order chi connectivity index (χ0) is 12.3. The highest BCUT2D eigenvalue weighted by molar-refractivity contribution is 6.31. The van der Waals surface area contributed by atoms with Crippen LogP contribution in [0.4, 0.5) is 4.39 Å². The Morgan fingerprint density at radius 2 is 2.06 bits per heavy atom. The highest BCUT2D eigenvalue weighted by Crippen LogP contribution is 2.20. The van der Waals surface area contributed by atoms with Crippen molar-refractivity contribution in [3.63, 3.8) is 0 Å². The van der Waals surface area contributed by atoms with E-state index in [4.69, 9.17) is 11.6 Å². The summed E-state index contributed by atoms with van der Waals surface area (Å²) in [7, 11) is 0. The molecule has 2 rings (SSSR count). The molecule has 1 aromatic rings. The van der Waals surface area contributed by atoms with Crippen molar-refractivity contribution in [1.29, 1.82) is 0 Å². The molecule has 1 aromatic carbocycles. The summed E-state index contributed by atoms with van der Waals surface area (Å²) in [6, 6.07) is 3.48. The lowest BCUT2D eigenvalue weighted by Gasteiger charge is -2.27. The first-order chi connectivity index (χ1) is 8.16. The maximum Gasteiger partial charge on any atom is 0.127 e. The largest absolute Gasteiger partial charge is 0.314 e. The van der Waals surface area contributed by atoms with Gasteiger partial charge in [0.05, 0.1) is 0 Å². The van der Waals surface area contributed by atoms with Gasteiger partial charge in [0.2, 0.25) is 0 Å². The molecular formula is C13H18ClFN2. The Balaban J connectivity index is 1.94. The lowest BCUT2D eigenvalue weighted by atomic mass is 10.1. The van der Waals surface area contributed by atoms with Gasteiger partial charge < -0.3 is 10.2 Å². The molecule has 0 unspecified atom stereocenters. The van der Waals surface area contributed by atoms with Gasteiger partial charge in [0.25, 0.3) is 0 Å². The van der Waals surface area contributed by atoms with Gasteiger partial charge in [-0.1, -0.05) is 11.6 Å². The molecule has 0 aromatic heterocycles. The zero-order valence-electron chi connectivity index (χ0n) is 10.1. The van der Waals surface area contributed by atoms with Crippen LogP contribution in [-0.2, 0) is 6.42 Å². The predicted molar refractivity (Wildman–Crippen MR) is 69.2 cm³/mol. The number of piperazine rings is 1. The number of benzene rings is 1. The highest BCUT2D eigenvalue weighted by atomic mass is 35.5. The van der Waals surface area contributed by atoms with E-state index in [0.29, 0.717) is 10.6 Å². The Hall–Kier alpha value is -0.640. The van der Waals surface area contributed by atoms with Crippen molar-refractivity contribution in [2.45, 2.75) is 13.3 Å². The van der Waals surface area contributed by atoms with Gasteiger partial charge >= 0.3 is 0 Å². The SMILES string of the molecule is Cc1c(F)cc(CCN2CCNCC2)cc1Cl. The monoisotopic (exact) mass is 256 g/mol. The maximum atomic E-state index is 13.5. The fourth-order valence-electron chi connectivity index (χ4n) is 2.06. The first-order valence-corrected chi connectivity index (χ1v) is 6.42. The van der Waals surface area contributed by atoms with E-state index in [9.17, 15) is 4.39 Å². The van der Waals surface area contributed by atoms with Crippen LogP contribution in [0, 0.1) is 12.7 Å². The zero-order valence-corrected chi connectivity index (χ0v) is 10.9. The molecule has 1 aliphatic heterocycles. The van der Waals surface area contributed by atoms with Crippen molar-refractivity contribution in [3.05, 3.63) is 34.1 Å². The van der Waals surface area contributed by atoms with Crippen molar-refractivity contribution in [3.8, 4) is 0 Å². The second kappa shape index (κ2) is 5.80. The van der Waals surface area contributed by atoms with Crippen LogP contribution in [0.15, 0.2) is 12.1 Å². The van der Waals surface area contributed by atoms with Crippen molar-refractivity contribution in [1.82, 2.24) is 10.2 Å². The van der Waals surface area contributed by atoms with Crippen LogP contribution < -0.4 is 5.32 Å². The lowest BCUT2D eigenvalue weighted by Crippen LogP contribution is -2.44. The molecular weight excluding hydrogens is 239 g/mol. The van der Waals surface area contributed by atoms with Crippen LogP contribution in [0.5, 0.6) is 0 Å². The summed E-state index contributed by atoms with van der Waals surface area (Å²) in [5, 5.41) is 3.84. The van der Waals surface area contributed by atoms with Crippen LogP contribution in [0.1, 0.15) is 11.1 Å². The van der Waals surface area contributed by atoms with Gasteiger partial charge in [-0.3, -0.25) is 0 Å². The van der Waals surface area contributed by atoms with Crippen LogP contribution in [0.2, 0.25) is 5.02 Å². The van der Waals surface area contributed by atoms with Crippen LogP contribution in [0.25, 0.3) is 0 Å². The summed E-state index contributed by atoms with van der Waals surface area (Å²) >= 11 is 5.98. The van der Waals surface area contributed by atoms with Gasteiger partial charge in [-0.15, -0.1) is 0 Å². The van der Waals surface area contributed by atoms with E-state index < -0.39 is 0 Å². The summed E-state index contributed by atoms with van der Waals surface area (Å²) in [5.74, 6) is -0.201. The second-order valence-corrected chi connectivity index (χ2v) is 4.93. The normalized spacial score (nSPS) is 17.4. The minimum Gasteiger partial charge on any atom is -0.314 e. The van der Waals surface area contributed by atoms with Gasteiger partial charge in [0.15, 0.2) is 0 Å². The van der Waals surface area contributed by atoms with Gasteiger partial charge in [0, 0.05) is 43.3 Å². The molecule has 0 amide bonds. The van der Waals surface area contributed by atoms with E-state index in [-0.39, 0.29) is 5.82 Å². The average molecular weight is 257 g/mol. The quantitative estimate of drug-likeness (QED) is 0.892. The standard InChI is InChI=1S/C13H18ClFN2/c1-10-12(14)8-11(9-13(10)15)2-5-17-6-3-16-4-7-17/h8-9,16H,2-7H2,1H3. The third kappa shape index (κ3) is 3.41. The van der Waals surface area contributed by atoms with Gasteiger partial charge in [-0.05, 0) is 31.0 Å². The molecule has 1 fully saturated rings. The highest BCUT2D eigenvalue weighted by Gasteiger charge is 2.10. The Kier molecular flexibility index (Phi) is 4.37. The Morgan fingerprint density at radius 3 is 2.71 bits per heavy atom. The van der Waals surface area contributed by atoms with E-state index in [0.717, 1.165) is 44.7 Å². The molecule has 4 heteroatoms. The van der Waals surface area contributed by atoms with Gasteiger partial charge in [0.1, 0.15) is 5.82 Å². The van der Waals surface area contributed by atoms with Gasteiger partial charge in [-0.2, -0.15) is 0 Å². The minimum absolute atomic E-state index is 0.201. The molecule has 1 heterocycles. The summed E-state index contributed by atoms with van der Waals surface area (Å²) in [4.78, 5) is 2.39. The molecule has 1 aliphatic rings. The van der Waals surface area contributed by atoms with Crippen molar-refractivity contribution in [2.24, 2.45) is 0 Å². The Morgan fingerprint density at radius 1 is 1.35 bits per heavy atom. The first-order valence-electron chi connectivity index (χ1n) is 6.04. The number of nitrogens with one attached hydrogen (secondary N) is 1. The Labute approximate surface area is 107 Å². The Bertz CT molecular complexity index is 366. The molecule has 0 bridgehead atoms. The average Bonchev–Trinajstić information content (AvgIpc) is 2.34. The van der Waals surface area contributed by atoms with E-state index >= 15 is 0 Å². The third-order valence-corrected chi connectivity index (χ3v) is 3.66. The van der Waals surface area contributed by atoms with Crippen molar-refractivity contribution >= 4 is 11.6 Å². The molecule has 1 saturated heterocycles. The van der Waals surface area contributed by atoms with Crippen LogP contribution in [0.3, 0.4) is 0 Å². The fraction of sp³-hybridized carbons (Fsp3) is 0.538. The number of halogens is 2. The van der Waals surface area contributed by atoms with Gasteiger partial charge in [-0.25, -0.2) is 4.39 Å². The summed E-state index contributed by atoms with van der Waals surface area (Å²) in [6.45, 7) is 6.91. The third-order valence-electron chi connectivity index (χ3n) is 3.27. The number of nitrogens with zero attached hydrogens (tertiary/aromatic N) is 1. The number of rotatable bonds is 3. The summed E-state index contributed by atoms with van der Waals surface area (Å²) in [5.41, 5.74) is 1.52. The molecule has 17 heavy (non-hydrogen) atoms. The van der Waals surface area contributed by atoms with Crippen molar-refractivity contribution in [2.75, 3.05) is 32.7 Å². The van der Waals surface area contributed by atoms with E-state index in [2.05, 4.69) is 10.2 Å². The molecule has 94 valence electrons. The summed E-state index contributed by atoms with van der Waals surface area (Å²) in [6.07, 6.45) is 0.858. The second-order valence-electron chi connectivity index (χ2n) is 4.53. The van der Waals surface area contributed by atoms with Crippen LogP contribution >= 0.6 is 11.6 Å². The number of hydrogen-bond donors (Lipinski definition) is 1. The topological polar surface area (TPSA) is 15.3 Å².